The highest BCUT2D eigenvalue weighted by Crippen LogP contribution is 2.25. The van der Waals surface area contributed by atoms with Crippen LogP contribution in [0.15, 0.2) is 23.8 Å². The summed E-state index contributed by atoms with van der Waals surface area (Å²) in [4.78, 5) is 4.61. The topological polar surface area (TPSA) is 43.8 Å². The molecule has 0 radical (unpaired) electrons. The molecule has 84 valence electrons. The van der Waals surface area contributed by atoms with Gasteiger partial charge in [-0.15, -0.1) is 0 Å². The van der Waals surface area contributed by atoms with Crippen LogP contribution < -0.4 is 5.73 Å². The van der Waals surface area contributed by atoms with Crippen LogP contribution in [-0.4, -0.2) is 9.55 Å². The van der Waals surface area contributed by atoms with Gasteiger partial charge in [-0.25, -0.2) is 4.98 Å². The van der Waals surface area contributed by atoms with Crippen LogP contribution >= 0.6 is 0 Å². The Bertz CT molecular complexity index is 572. The summed E-state index contributed by atoms with van der Waals surface area (Å²) >= 11 is 0. The summed E-state index contributed by atoms with van der Waals surface area (Å²) in [6.07, 6.45) is 0. The van der Waals surface area contributed by atoms with Crippen molar-refractivity contribution in [1.82, 2.24) is 9.55 Å². The van der Waals surface area contributed by atoms with Gasteiger partial charge in [0.2, 0.25) is 0 Å². The molecule has 0 aliphatic rings. The van der Waals surface area contributed by atoms with E-state index in [2.05, 4.69) is 30.3 Å². The van der Waals surface area contributed by atoms with E-state index in [0.29, 0.717) is 0 Å². The van der Waals surface area contributed by atoms with Crippen LogP contribution in [0, 0.1) is 0 Å². The van der Waals surface area contributed by atoms with Crippen molar-refractivity contribution in [3.05, 3.63) is 29.6 Å². The van der Waals surface area contributed by atoms with E-state index in [9.17, 15) is 0 Å². The molecule has 16 heavy (non-hydrogen) atoms. The van der Waals surface area contributed by atoms with Gasteiger partial charge in [-0.2, -0.15) is 0 Å². The molecule has 0 fully saturated rings. The van der Waals surface area contributed by atoms with E-state index in [1.807, 2.05) is 25.2 Å². The lowest BCUT2D eigenvalue weighted by atomic mass is 10.2. The first-order chi connectivity index (χ1) is 7.52. The van der Waals surface area contributed by atoms with E-state index in [1.165, 1.54) is 11.1 Å². The van der Waals surface area contributed by atoms with Crippen LogP contribution in [0.5, 0.6) is 0 Å². The molecule has 0 saturated heterocycles. The fourth-order valence-corrected chi connectivity index (χ4v) is 1.80. The predicted octanol–water partition coefficient (Wildman–Crippen LogP) is 2.97. The third kappa shape index (κ3) is 1.48. The zero-order valence-electron chi connectivity index (χ0n) is 10.2. The normalized spacial score (nSPS) is 10.8. The summed E-state index contributed by atoms with van der Waals surface area (Å²) < 4.78 is 2.09. The van der Waals surface area contributed by atoms with Crippen molar-refractivity contribution >= 4 is 22.3 Å². The van der Waals surface area contributed by atoms with E-state index >= 15 is 0 Å². The van der Waals surface area contributed by atoms with Crippen LogP contribution in [-0.2, 0) is 7.05 Å². The summed E-state index contributed by atoms with van der Waals surface area (Å²) in [7, 11) is 2.02. The third-order valence-electron chi connectivity index (χ3n) is 3.03. The molecule has 2 rings (SSSR count). The van der Waals surface area contributed by atoms with E-state index in [-0.39, 0.29) is 0 Å². The highest BCUT2D eigenvalue weighted by atomic mass is 15.1. The number of hydrogen-bond acceptors (Lipinski definition) is 2. The van der Waals surface area contributed by atoms with Crippen LogP contribution in [0.2, 0.25) is 0 Å². The van der Waals surface area contributed by atoms with E-state index in [0.717, 1.165) is 22.5 Å². The van der Waals surface area contributed by atoms with Gasteiger partial charge in [-0.05, 0) is 38.5 Å². The lowest BCUT2D eigenvalue weighted by Crippen LogP contribution is -1.96. The number of anilines is 1. The number of hydrogen-bond donors (Lipinski definition) is 1. The maximum absolute atomic E-state index is 5.92. The molecule has 1 heterocycles. The van der Waals surface area contributed by atoms with Gasteiger partial charge in [0.05, 0.1) is 11.2 Å². The molecule has 0 saturated carbocycles. The second kappa shape index (κ2) is 3.67. The Morgan fingerprint density at radius 1 is 1.25 bits per heavy atom. The molecule has 0 aliphatic carbocycles. The molecule has 3 nitrogen and oxygen atoms in total. The van der Waals surface area contributed by atoms with Gasteiger partial charge in [0, 0.05) is 7.05 Å². The van der Waals surface area contributed by atoms with Gasteiger partial charge in [0.25, 0.3) is 0 Å². The number of benzene rings is 1. The molecule has 0 unspecified atom stereocenters. The number of nitrogen functional groups attached to an aromatic ring is 1. The van der Waals surface area contributed by atoms with Crippen molar-refractivity contribution in [3.63, 3.8) is 0 Å². The SMILES string of the molecule is CC(C)=C(C)c1nc2c(N)cccc2n1C. The quantitative estimate of drug-likeness (QED) is 0.743. The van der Waals surface area contributed by atoms with E-state index in [4.69, 9.17) is 5.73 Å². The van der Waals surface area contributed by atoms with Crippen LogP contribution in [0.1, 0.15) is 26.6 Å². The van der Waals surface area contributed by atoms with Crippen molar-refractivity contribution in [2.75, 3.05) is 5.73 Å². The lowest BCUT2D eigenvalue weighted by Gasteiger charge is -2.04. The number of nitrogens with two attached hydrogens (primary N) is 1. The average molecular weight is 215 g/mol. The number of aryl methyl sites for hydroxylation is 1. The van der Waals surface area contributed by atoms with Crippen molar-refractivity contribution in [1.29, 1.82) is 0 Å². The number of imidazole rings is 1. The summed E-state index contributed by atoms with van der Waals surface area (Å²) in [5, 5.41) is 0. The Morgan fingerprint density at radius 2 is 1.94 bits per heavy atom. The first-order valence-corrected chi connectivity index (χ1v) is 5.37. The minimum atomic E-state index is 0.737. The van der Waals surface area contributed by atoms with Gasteiger partial charge in [-0.1, -0.05) is 11.6 Å². The standard InChI is InChI=1S/C13H17N3/c1-8(2)9(3)13-15-12-10(14)6-5-7-11(12)16(13)4/h5-7H,14H2,1-4H3. The zero-order chi connectivity index (χ0) is 11.9. The molecule has 0 aliphatic heterocycles. The maximum Gasteiger partial charge on any atom is 0.136 e. The zero-order valence-corrected chi connectivity index (χ0v) is 10.2. The smallest absolute Gasteiger partial charge is 0.136 e. The molecule has 0 amide bonds. The highest BCUT2D eigenvalue weighted by molar-refractivity contribution is 5.89. The largest absolute Gasteiger partial charge is 0.397 e. The van der Waals surface area contributed by atoms with Crippen LogP contribution in [0.4, 0.5) is 5.69 Å². The Balaban J connectivity index is 2.80. The monoisotopic (exact) mass is 215 g/mol. The Hall–Kier alpha value is -1.77. The fraction of sp³-hybridized carbons (Fsp3) is 0.308. The van der Waals surface area contributed by atoms with Crippen LogP contribution in [0.3, 0.4) is 0 Å². The van der Waals surface area contributed by atoms with Crippen molar-refractivity contribution in [2.24, 2.45) is 7.05 Å². The molecule has 0 bridgehead atoms. The predicted molar refractivity (Wildman–Crippen MR) is 69.1 cm³/mol. The minimum absolute atomic E-state index is 0.737. The summed E-state index contributed by atoms with van der Waals surface area (Å²) in [5.41, 5.74) is 11.1. The first-order valence-electron chi connectivity index (χ1n) is 5.37. The first kappa shape index (κ1) is 10.7. The second-order valence-electron chi connectivity index (χ2n) is 4.33. The fourth-order valence-electron chi connectivity index (χ4n) is 1.80. The molecule has 1 aromatic carbocycles. The third-order valence-corrected chi connectivity index (χ3v) is 3.03. The number of nitrogens with zero attached hydrogens (tertiary/aromatic N) is 2. The molecular formula is C13H17N3. The van der Waals surface area contributed by atoms with Crippen molar-refractivity contribution in [3.8, 4) is 0 Å². The maximum atomic E-state index is 5.92. The number of fused-ring (bicyclic) bond motifs is 1. The number of rotatable bonds is 1. The molecule has 2 N–H and O–H groups in total. The van der Waals surface area contributed by atoms with Gasteiger partial charge in [0.1, 0.15) is 11.3 Å². The molecule has 0 atom stereocenters. The average Bonchev–Trinajstić information content (AvgIpc) is 2.57. The van der Waals surface area contributed by atoms with Crippen molar-refractivity contribution < 1.29 is 0 Å². The Morgan fingerprint density at radius 3 is 2.50 bits per heavy atom. The molecule has 2 aromatic rings. The van der Waals surface area contributed by atoms with E-state index < -0.39 is 0 Å². The molecule has 1 aromatic heterocycles. The van der Waals surface area contributed by atoms with Crippen LogP contribution in [0.25, 0.3) is 16.6 Å². The summed E-state index contributed by atoms with van der Waals surface area (Å²) in [6, 6.07) is 5.89. The number of para-hydroxylation sites is 1. The van der Waals surface area contributed by atoms with Gasteiger partial charge >= 0.3 is 0 Å². The minimum Gasteiger partial charge on any atom is -0.397 e. The highest BCUT2D eigenvalue weighted by Gasteiger charge is 2.11. The van der Waals surface area contributed by atoms with Gasteiger partial charge in [-0.3, -0.25) is 0 Å². The molecule has 0 spiro atoms. The number of allylic oxidation sites excluding steroid dienone is 2. The summed E-state index contributed by atoms with van der Waals surface area (Å²) in [5.74, 6) is 0.993. The van der Waals surface area contributed by atoms with Gasteiger partial charge in [0.15, 0.2) is 0 Å². The Labute approximate surface area is 95.6 Å². The molecular weight excluding hydrogens is 198 g/mol. The van der Waals surface area contributed by atoms with E-state index in [1.54, 1.807) is 0 Å². The summed E-state index contributed by atoms with van der Waals surface area (Å²) in [6.45, 7) is 6.28. The lowest BCUT2D eigenvalue weighted by molar-refractivity contribution is 0.917. The molecule has 3 heteroatoms. The number of aromatic nitrogens is 2. The van der Waals surface area contributed by atoms with Crippen molar-refractivity contribution in [2.45, 2.75) is 20.8 Å². The van der Waals surface area contributed by atoms with Gasteiger partial charge < -0.3 is 10.3 Å². The second-order valence-corrected chi connectivity index (χ2v) is 4.33. The Kier molecular flexibility index (Phi) is 2.46.